The van der Waals surface area contributed by atoms with Crippen LogP contribution in [-0.4, -0.2) is 24.5 Å². The van der Waals surface area contributed by atoms with E-state index >= 15 is 0 Å². The molecule has 4 aromatic rings. The van der Waals surface area contributed by atoms with Gasteiger partial charge >= 0.3 is 0 Å². The van der Waals surface area contributed by atoms with E-state index in [1.54, 1.807) is 35.4 Å². The molecule has 0 saturated heterocycles. The quantitative estimate of drug-likeness (QED) is 0.498. The number of rotatable bonds is 6. The zero-order chi connectivity index (χ0) is 20.9. The molecule has 0 fully saturated rings. The lowest BCUT2D eigenvalue weighted by molar-refractivity contribution is 0.602. The number of hydrogen-bond acceptors (Lipinski definition) is 5. The van der Waals surface area contributed by atoms with Crippen LogP contribution < -0.4 is 5.43 Å². The molecule has 0 N–H and O–H groups in total. The summed E-state index contributed by atoms with van der Waals surface area (Å²) in [5.74, 6) is 0.664. The van der Waals surface area contributed by atoms with E-state index in [2.05, 4.69) is 28.2 Å². The molecule has 0 spiro atoms. The molecule has 2 heterocycles. The Kier molecular flexibility index (Phi) is 5.48. The zero-order valence-corrected chi connectivity index (χ0v) is 16.6. The summed E-state index contributed by atoms with van der Waals surface area (Å²) in [5.41, 5.74) is 3.43. The molecule has 7 heteroatoms. The van der Waals surface area contributed by atoms with Gasteiger partial charge in [0.05, 0.1) is 17.3 Å². The minimum Gasteiger partial charge on any atom is -0.288 e. The van der Waals surface area contributed by atoms with Crippen molar-refractivity contribution in [2.45, 2.75) is 26.3 Å². The summed E-state index contributed by atoms with van der Waals surface area (Å²) < 4.78 is 3.45. The van der Waals surface area contributed by atoms with Crippen molar-refractivity contribution in [2.75, 3.05) is 0 Å². The second kappa shape index (κ2) is 8.53. The van der Waals surface area contributed by atoms with Crippen LogP contribution in [0.4, 0.5) is 0 Å². The van der Waals surface area contributed by atoms with Gasteiger partial charge in [0.1, 0.15) is 12.0 Å². The van der Waals surface area contributed by atoms with E-state index in [9.17, 15) is 4.79 Å². The average Bonchev–Trinajstić information content (AvgIpc) is 3.24. The zero-order valence-electron chi connectivity index (χ0n) is 16.6. The highest BCUT2D eigenvalue weighted by atomic mass is 16.1. The van der Waals surface area contributed by atoms with Gasteiger partial charge in [-0.15, -0.1) is 0 Å². The summed E-state index contributed by atoms with van der Waals surface area (Å²) in [6.45, 7) is 2.92. The van der Waals surface area contributed by atoms with Crippen molar-refractivity contribution in [2.24, 2.45) is 0 Å². The molecule has 148 valence electrons. The molecule has 0 aliphatic rings. The van der Waals surface area contributed by atoms with E-state index in [0.29, 0.717) is 23.5 Å². The van der Waals surface area contributed by atoms with Crippen LogP contribution in [-0.2, 0) is 13.0 Å². The highest BCUT2D eigenvalue weighted by Crippen LogP contribution is 2.18. The maximum absolute atomic E-state index is 12.4. The van der Waals surface area contributed by atoms with Crippen LogP contribution in [0.3, 0.4) is 0 Å². The van der Waals surface area contributed by atoms with Gasteiger partial charge in [0.25, 0.3) is 0 Å². The summed E-state index contributed by atoms with van der Waals surface area (Å²) in [6, 6.07) is 18.6. The lowest BCUT2D eigenvalue weighted by Crippen LogP contribution is -2.16. The van der Waals surface area contributed by atoms with E-state index in [0.717, 1.165) is 29.8 Å². The van der Waals surface area contributed by atoms with E-state index in [-0.39, 0.29) is 5.43 Å². The Hall–Kier alpha value is -4.05. The SMILES string of the molecule is CCCn1cnc(-c2cccc(Cc3nn(-c4cccc(C#N)c4)ccc3=O)c2)n1. The summed E-state index contributed by atoms with van der Waals surface area (Å²) in [7, 11) is 0. The summed E-state index contributed by atoms with van der Waals surface area (Å²) in [4.78, 5) is 16.8. The monoisotopic (exact) mass is 396 g/mol. The average molecular weight is 396 g/mol. The van der Waals surface area contributed by atoms with Gasteiger partial charge in [0, 0.05) is 30.8 Å². The van der Waals surface area contributed by atoms with Crippen molar-refractivity contribution in [3.05, 3.63) is 94.2 Å². The normalized spacial score (nSPS) is 10.7. The predicted molar refractivity (Wildman–Crippen MR) is 113 cm³/mol. The fraction of sp³-hybridized carbons (Fsp3) is 0.174. The topological polar surface area (TPSA) is 89.4 Å². The van der Waals surface area contributed by atoms with Gasteiger partial charge in [0.15, 0.2) is 5.82 Å². The Morgan fingerprint density at radius 2 is 1.93 bits per heavy atom. The van der Waals surface area contributed by atoms with Crippen LogP contribution in [0.25, 0.3) is 17.1 Å². The van der Waals surface area contributed by atoms with E-state index in [4.69, 9.17) is 5.26 Å². The number of benzene rings is 2. The predicted octanol–water partition coefficient (Wildman–Crippen LogP) is 3.36. The third-order valence-electron chi connectivity index (χ3n) is 4.67. The van der Waals surface area contributed by atoms with Crippen LogP contribution in [0.1, 0.15) is 30.2 Å². The highest BCUT2D eigenvalue weighted by molar-refractivity contribution is 5.55. The first kappa shape index (κ1) is 19.3. The summed E-state index contributed by atoms with van der Waals surface area (Å²) in [6.07, 6.45) is 4.73. The van der Waals surface area contributed by atoms with Gasteiger partial charge in [-0.2, -0.15) is 15.5 Å². The molecule has 4 rings (SSSR count). The minimum absolute atomic E-state index is 0.126. The van der Waals surface area contributed by atoms with Crippen molar-refractivity contribution < 1.29 is 0 Å². The first-order chi connectivity index (χ1) is 14.7. The molecule has 0 amide bonds. The Labute approximate surface area is 173 Å². The fourth-order valence-corrected chi connectivity index (χ4v) is 3.21. The smallest absolute Gasteiger partial charge is 0.203 e. The van der Waals surface area contributed by atoms with E-state index < -0.39 is 0 Å². The van der Waals surface area contributed by atoms with Gasteiger partial charge < -0.3 is 0 Å². The molecular formula is C23H20N6O. The lowest BCUT2D eigenvalue weighted by atomic mass is 10.1. The molecule has 7 nitrogen and oxygen atoms in total. The molecule has 0 atom stereocenters. The van der Waals surface area contributed by atoms with Crippen molar-refractivity contribution >= 4 is 0 Å². The molecule has 2 aromatic carbocycles. The maximum Gasteiger partial charge on any atom is 0.203 e. The van der Waals surface area contributed by atoms with Crippen molar-refractivity contribution in [1.82, 2.24) is 24.5 Å². The fourth-order valence-electron chi connectivity index (χ4n) is 3.21. The molecular weight excluding hydrogens is 376 g/mol. The minimum atomic E-state index is -0.126. The molecule has 0 unspecified atom stereocenters. The van der Waals surface area contributed by atoms with Crippen molar-refractivity contribution in [3.63, 3.8) is 0 Å². The number of nitriles is 1. The summed E-state index contributed by atoms with van der Waals surface area (Å²) in [5, 5.41) is 18.1. The van der Waals surface area contributed by atoms with Crippen LogP contribution >= 0.6 is 0 Å². The Morgan fingerprint density at radius 1 is 1.07 bits per heavy atom. The van der Waals surface area contributed by atoms with Crippen molar-refractivity contribution in [3.8, 4) is 23.1 Å². The van der Waals surface area contributed by atoms with Gasteiger partial charge in [-0.05, 0) is 36.2 Å². The van der Waals surface area contributed by atoms with E-state index in [1.165, 1.54) is 6.07 Å². The molecule has 0 aliphatic carbocycles. The van der Waals surface area contributed by atoms with Gasteiger partial charge in [-0.1, -0.05) is 31.2 Å². The van der Waals surface area contributed by atoms with E-state index in [1.807, 2.05) is 35.0 Å². The number of aryl methyl sites for hydroxylation is 1. The molecule has 0 radical (unpaired) electrons. The maximum atomic E-state index is 12.4. The number of aromatic nitrogens is 5. The van der Waals surface area contributed by atoms with Crippen molar-refractivity contribution in [1.29, 1.82) is 5.26 Å². The van der Waals surface area contributed by atoms with Gasteiger partial charge in [0.2, 0.25) is 5.43 Å². The molecule has 0 aliphatic heterocycles. The largest absolute Gasteiger partial charge is 0.288 e. The Bertz CT molecular complexity index is 1280. The molecule has 30 heavy (non-hydrogen) atoms. The molecule has 2 aromatic heterocycles. The van der Waals surface area contributed by atoms with Crippen LogP contribution in [0.15, 0.2) is 71.9 Å². The van der Waals surface area contributed by atoms with Crippen LogP contribution in [0.5, 0.6) is 0 Å². The second-order valence-electron chi connectivity index (χ2n) is 6.94. The first-order valence-electron chi connectivity index (χ1n) is 9.74. The molecule has 0 saturated carbocycles. The lowest BCUT2D eigenvalue weighted by Gasteiger charge is -2.08. The third-order valence-corrected chi connectivity index (χ3v) is 4.67. The van der Waals surface area contributed by atoms with Crippen LogP contribution in [0.2, 0.25) is 0 Å². The standard InChI is InChI=1S/C23H20N6O/c1-2-10-28-16-25-23(27-28)19-7-3-5-17(12-19)14-21-22(30)9-11-29(26-21)20-8-4-6-18(13-20)15-24/h3-9,11-13,16H,2,10,14H2,1H3. The Balaban J connectivity index is 1.63. The highest BCUT2D eigenvalue weighted by Gasteiger charge is 2.09. The summed E-state index contributed by atoms with van der Waals surface area (Å²) >= 11 is 0. The van der Waals surface area contributed by atoms with Crippen LogP contribution in [0, 0.1) is 11.3 Å². The second-order valence-corrected chi connectivity index (χ2v) is 6.94. The Morgan fingerprint density at radius 3 is 2.77 bits per heavy atom. The van der Waals surface area contributed by atoms with Gasteiger partial charge in [-0.25, -0.2) is 9.67 Å². The third kappa shape index (κ3) is 4.18. The van der Waals surface area contributed by atoms with Gasteiger partial charge in [-0.3, -0.25) is 9.48 Å². The molecule has 0 bridgehead atoms. The first-order valence-corrected chi connectivity index (χ1v) is 9.74. The number of hydrogen-bond donors (Lipinski definition) is 0. The number of nitrogens with zero attached hydrogens (tertiary/aromatic N) is 6.